The van der Waals surface area contributed by atoms with Crippen molar-refractivity contribution in [3.05, 3.63) is 45.3 Å². The standard InChI is InChI=1S/C22H28N2O4S/c1-11(2)17-10-8-9-12(3)19(17)24-20(26)14(5)28-22(27)18-13(4)15(6)29-21(18)23-16(7)25/h8-11,14H,1-7H3,(H,23,25)(H,24,26)/t14-/m1/s1. The molecular weight excluding hydrogens is 388 g/mol. The highest BCUT2D eigenvalue weighted by atomic mass is 32.1. The number of esters is 1. The first kappa shape index (κ1) is 22.6. The van der Waals surface area contributed by atoms with Crippen LogP contribution in [0, 0.1) is 20.8 Å². The van der Waals surface area contributed by atoms with E-state index in [0.29, 0.717) is 10.6 Å². The molecule has 0 saturated carbocycles. The van der Waals surface area contributed by atoms with Gasteiger partial charge in [0.05, 0.1) is 5.56 Å². The fourth-order valence-corrected chi connectivity index (χ4v) is 4.06. The Balaban J connectivity index is 2.19. The van der Waals surface area contributed by atoms with Crippen molar-refractivity contribution < 1.29 is 19.1 Å². The van der Waals surface area contributed by atoms with Crippen LogP contribution in [0.15, 0.2) is 18.2 Å². The molecule has 29 heavy (non-hydrogen) atoms. The molecule has 0 radical (unpaired) electrons. The third kappa shape index (κ3) is 5.23. The average Bonchev–Trinajstić information content (AvgIpc) is 2.89. The van der Waals surface area contributed by atoms with Gasteiger partial charge in [0.1, 0.15) is 5.00 Å². The number of rotatable bonds is 6. The molecule has 156 valence electrons. The van der Waals surface area contributed by atoms with Gasteiger partial charge in [0.25, 0.3) is 5.91 Å². The van der Waals surface area contributed by atoms with Gasteiger partial charge in [-0.15, -0.1) is 11.3 Å². The van der Waals surface area contributed by atoms with Crippen LogP contribution in [0.1, 0.15) is 65.5 Å². The zero-order chi connectivity index (χ0) is 21.9. The highest BCUT2D eigenvalue weighted by Crippen LogP contribution is 2.33. The minimum Gasteiger partial charge on any atom is -0.449 e. The Bertz CT molecular complexity index is 947. The van der Waals surface area contributed by atoms with Crippen LogP contribution >= 0.6 is 11.3 Å². The minimum absolute atomic E-state index is 0.236. The van der Waals surface area contributed by atoms with Crippen molar-refractivity contribution in [2.45, 2.75) is 60.5 Å². The molecule has 0 spiro atoms. The number of para-hydroxylation sites is 1. The maximum atomic E-state index is 12.7. The van der Waals surface area contributed by atoms with Crippen molar-refractivity contribution in [1.82, 2.24) is 0 Å². The molecule has 0 fully saturated rings. The van der Waals surface area contributed by atoms with Crippen LogP contribution in [0.2, 0.25) is 0 Å². The Hall–Kier alpha value is -2.67. The predicted molar refractivity (Wildman–Crippen MR) is 117 cm³/mol. The summed E-state index contributed by atoms with van der Waals surface area (Å²) < 4.78 is 5.43. The molecule has 2 rings (SSSR count). The van der Waals surface area contributed by atoms with E-state index < -0.39 is 18.0 Å². The van der Waals surface area contributed by atoms with E-state index in [1.165, 1.54) is 25.2 Å². The summed E-state index contributed by atoms with van der Waals surface area (Å²) in [6.07, 6.45) is -0.994. The van der Waals surface area contributed by atoms with E-state index in [-0.39, 0.29) is 11.8 Å². The van der Waals surface area contributed by atoms with Crippen LogP contribution in [0.3, 0.4) is 0 Å². The van der Waals surface area contributed by atoms with Gasteiger partial charge in [0.15, 0.2) is 6.10 Å². The Morgan fingerprint density at radius 3 is 2.28 bits per heavy atom. The number of anilines is 2. The molecule has 1 aromatic heterocycles. The van der Waals surface area contributed by atoms with E-state index in [9.17, 15) is 14.4 Å². The van der Waals surface area contributed by atoms with Gasteiger partial charge in [-0.05, 0) is 50.3 Å². The van der Waals surface area contributed by atoms with Gasteiger partial charge in [-0.25, -0.2) is 4.79 Å². The third-order valence-electron chi connectivity index (χ3n) is 4.71. The summed E-state index contributed by atoms with van der Waals surface area (Å²) in [5.74, 6) is -1.07. The number of carbonyl (C=O) groups is 3. The van der Waals surface area contributed by atoms with Crippen molar-refractivity contribution in [3.8, 4) is 0 Å². The summed E-state index contributed by atoms with van der Waals surface area (Å²) in [6.45, 7) is 12.6. The van der Waals surface area contributed by atoms with Crippen LogP contribution in [0.4, 0.5) is 10.7 Å². The van der Waals surface area contributed by atoms with Crippen molar-refractivity contribution in [3.63, 3.8) is 0 Å². The predicted octanol–water partition coefficient (Wildman–Crippen LogP) is 4.94. The van der Waals surface area contributed by atoms with E-state index in [1.54, 1.807) is 6.92 Å². The molecule has 0 unspecified atom stereocenters. The SMILES string of the molecule is CC(=O)Nc1sc(C)c(C)c1C(=O)O[C@H](C)C(=O)Nc1c(C)cccc1C(C)C. The molecule has 0 saturated heterocycles. The Labute approximate surface area is 175 Å². The third-order valence-corrected chi connectivity index (χ3v) is 5.83. The number of thiophene rings is 1. The summed E-state index contributed by atoms with van der Waals surface area (Å²) >= 11 is 1.31. The molecular formula is C22H28N2O4S. The number of aryl methyl sites for hydroxylation is 2. The summed E-state index contributed by atoms with van der Waals surface area (Å²) in [5, 5.41) is 6.00. The van der Waals surface area contributed by atoms with Crippen molar-refractivity contribution in [2.75, 3.05) is 10.6 Å². The average molecular weight is 417 g/mol. The summed E-state index contributed by atoms with van der Waals surface area (Å²) in [7, 11) is 0. The van der Waals surface area contributed by atoms with Crippen molar-refractivity contribution in [1.29, 1.82) is 0 Å². The van der Waals surface area contributed by atoms with Crippen LogP contribution < -0.4 is 10.6 Å². The van der Waals surface area contributed by atoms with Crippen LogP contribution in [-0.2, 0) is 14.3 Å². The monoisotopic (exact) mass is 416 g/mol. The number of hydrogen-bond donors (Lipinski definition) is 2. The topological polar surface area (TPSA) is 84.5 Å². The largest absolute Gasteiger partial charge is 0.449 e. The van der Waals surface area contributed by atoms with Crippen LogP contribution in [0.25, 0.3) is 0 Å². The molecule has 6 nitrogen and oxygen atoms in total. The van der Waals surface area contributed by atoms with Gasteiger partial charge in [-0.2, -0.15) is 0 Å². The second-order valence-corrected chi connectivity index (χ2v) is 8.62. The number of amides is 2. The fourth-order valence-electron chi connectivity index (χ4n) is 2.96. The molecule has 2 amide bonds. The lowest BCUT2D eigenvalue weighted by Gasteiger charge is -2.19. The van der Waals surface area contributed by atoms with Gasteiger partial charge in [-0.1, -0.05) is 32.0 Å². The smallest absolute Gasteiger partial charge is 0.342 e. The van der Waals surface area contributed by atoms with Gasteiger partial charge in [0, 0.05) is 17.5 Å². The molecule has 1 heterocycles. The first-order valence-electron chi connectivity index (χ1n) is 9.51. The first-order valence-corrected chi connectivity index (χ1v) is 10.3. The van der Waals surface area contributed by atoms with Gasteiger partial charge in [-0.3, -0.25) is 9.59 Å². The highest BCUT2D eigenvalue weighted by Gasteiger charge is 2.26. The molecule has 0 aliphatic carbocycles. The quantitative estimate of drug-likeness (QED) is 0.653. The van der Waals surface area contributed by atoms with E-state index in [4.69, 9.17) is 4.74 Å². The number of nitrogens with one attached hydrogen (secondary N) is 2. The summed E-state index contributed by atoms with van der Waals surface area (Å²) in [5.41, 5.74) is 3.74. The molecule has 2 N–H and O–H groups in total. The Morgan fingerprint density at radius 2 is 1.69 bits per heavy atom. The number of ether oxygens (including phenoxy) is 1. The zero-order valence-electron chi connectivity index (χ0n) is 17.9. The van der Waals surface area contributed by atoms with E-state index in [1.807, 2.05) is 32.0 Å². The van der Waals surface area contributed by atoms with Gasteiger partial charge >= 0.3 is 5.97 Å². The van der Waals surface area contributed by atoms with Crippen LogP contribution in [0.5, 0.6) is 0 Å². The molecule has 1 aromatic carbocycles. The molecule has 7 heteroatoms. The fraction of sp³-hybridized carbons (Fsp3) is 0.409. The molecule has 0 bridgehead atoms. The number of hydrogen-bond acceptors (Lipinski definition) is 5. The molecule has 2 aromatic rings. The number of carbonyl (C=O) groups excluding carboxylic acids is 3. The van der Waals surface area contributed by atoms with E-state index in [2.05, 4.69) is 24.5 Å². The summed E-state index contributed by atoms with van der Waals surface area (Å²) in [4.78, 5) is 37.8. The van der Waals surface area contributed by atoms with Gasteiger partial charge < -0.3 is 15.4 Å². The Kier molecular flexibility index (Phi) is 7.19. The molecule has 0 aliphatic rings. The maximum Gasteiger partial charge on any atom is 0.342 e. The lowest BCUT2D eigenvalue weighted by molar-refractivity contribution is -0.123. The minimum atomic E-state index is -0.994. The van der Waals surface area contributed by atoms with E-state index >= 15 is 0 Å². The van der Waals surface area contributed by atoms with Crippen molar-refractivity contribution in [2.24, 2.45) is 0 Å². The van der Waals surface area contributed by atoms with Gasteiger partial charge in [0.2, 0.25) is 5.91 Å². The van der Waals surface area contributed by atoms with E-state index in [0.717, 1.165) is 27.3 Å². The number of benzene rings is 1. The second-order valence-electron chi connectivity index (χ2n) is 7.40. The maximum absolute atomic E-state index is 12.7. The zero-order valence-corrected chi connectivity index (χ0v) is 18.7. The lowest BCUT2D eigenvalue weighted by atomic mass is 9.98. The summed E-state index contributed by atoms with van der Waals surface area (Å²) in [6, 6.07) is 5.85. The molecule has 1 atom stereocenters. The van der Waals surface area contributed by atoms with Crippen LogP contribution in [-0.4, -0.2) is 23.9 Å². The second kappa shape index (κ2) is 9.22. The molecule has 0 aliphatic heterocycles. The first-order chi connectivity index (χ1) is 13.5. The van der Waals surface area contributed by atoms with Crippen molar-refractivity contribution >= 4 is 39.8 Å². The normalized spacial score (nSPS) is 11.9. The Morgan fingerprint density at radius 1 is 1.03 bits per heavy atom. The lowest BCUT2D eigenvalue weighted by Crippen LogP contribution is -2.31. The highest BCUT2D eigenvalue weighted by molar-refractivity contribution is 7.16.